The first kappa shape index (κ1) is 14.3. The van der Waals surface area contributed by atoms with E-state index in [0.29, 0.717) is 30.8 Å². The predicted octanol–water partition coefficient (Wildman–Crippen LogP) is 2.60. The van der Waals surface area contributed by atoms with E-state index in [1.165, 1.54) is 0 Å². The number of nitrogens with zero attached hydrogens (tertiary/aromatic N) is 1. The van der Waals surface area contributed by atoms with E-state index in [-0.39, 0.29) is 0 Å². The highest BCUT2D eigenvalue weighted by Crippen LogP contribution is 2.38. The van der Waals surface area contributed by atoms with Gasteiger partial charge in [0.05, 0.1) is 18.4 Å². The summed E-state index contributed by atoms with van der Waals surface area (Å²) in [5.74, 6) is 0.651. The lowest BCUT2D eigenvalue weighted by atomic mass is 9.79. The number of pyridine rings is 1. The Morgan fingerprint density at radius 3 is 2.74 bits per heavy atom. The van der Waals surface area contributed by atoms with Gasteiger partial charge in [0.2, 0.25) is 0 Å². The fraction of sp³-hybridized carbons (Fsp3) is 0.667. The van der Waals surface area contributed by atoms with E-state index < -0.39 is 11.7 Å². The van der Waals surface area contributed by atoms with Gasteiger partial charge in [-0.15, -0.1) is 0 Å². The lowest BCUT2D eigenvalue weighted by Crippen LogP contribution is -2.38. The van der Waals surface area contributed by atoms with Gasteiger partial charge in [-0.1, -0.05) is 26.2 Å². The molecule has 2 rings (SSSR count). The van der Waals surface area contributed by atoms with Gasteiger partial charge in [0.1, 0.15) is 11.9 Å². The van der Waals surface area contributed by atoms with Crippen molar-refractivity contribution >= 4 is 0 Å². The van der Waals surface area contributed by atoms with Crippen LogP contribution in [0.5, 0.6) is 5.75 Å². The summed E-state index contributed by atoms with van der Waals surface area (Å²) >= 11 is 0. The summed E-state index contributed by atoms with van der Waals surface area (Å²) in [7, 11) is 0. The first-order valence-electron chi connectivity index (χ1n) is 7.14. The van der Waals surface area contributed by atoms with Gasteiger partial charge in [0.15, 0.2) is 0 Å². The van der Waals surface area contributed by atoms with Crippen LogP contribution < -0.4 is 4.74 Å². The second-order valence-electron chi connectivity index (χ2n) is 5.37. The largest absolute Gasteiger partial charge is 0.492 e. The average molecular weight is 265 g/mol. The summed E-state index contributed by atoms with van der Waals surface area (Å²) in [4.78, 5) is 4.09. The molecule has 0 aromatic carbocycles. The molecule has 0 aliphatic heterocycles. The monoisotopic (exact) mass is 265 g/mol. The SMILES string of the molecule is CCCOc1cncc(C(O)C2(O)CCCCC2)c1. The van der Waals surface area contributed by atoms with Crippen molar-refractivity contribution in [2.45, 2.75) is 57.2 Å². The molecule has 0 radical (unpaired) electrons. The van der Waals surface area contributed by atoms with Crippen LogP contribution in [0.3, 0.4) is 0 Å². The van der Waals surface area contributed by atoms with E-state index in [0.717, 1.165) is 25.7 Å². The number of aliphatic hydroxyl groups is 2. The Balaban J connectivity index is 2.11. The van der Waals surface area contributed by atoms with Crippen molar-refractivity contribution in [3.63, 3.8) is 0 Å². The average Bonchev–Trinajstić information content (AvgIpc) is 2.45. The Morgan fingerprint density at radius 2 is 2.05 bits per heavy atom. The van der Waals surface area contributed by atoms with Crippen molar-refractivity contribution < 1.29 is 14.9 Å². The minimum atomic E-state index is -1.01. The van der Waals surface area contributed by atoms with E-state index >= 15 is 0 Å². The van der Waals surface area contributed by atoms with E-state index in [1.54, 1.807) is 18.5 Å². The Labute approximate surface area is 114 Å². The van der Waals surface area contributed by atoms with Crippen molar-refractivity contribution in [3.05, 3.63) is 24.0 Å². The topological polar surface area (TPSA) is 62.6 Å². The van der Waals surface area contributed by atoms with Crippen LogP contribution in [0, 0.1) is 0 Å². The summed E-state index contributed by atoms with van der Waals surface area (Å²) in [5.41, 5.74) is -0.374. The molecule has 1 fully saturated rings. The van der Waals surface area contributed by atoms with E-state index in [2.05, 4.69) is 4.98 Å². The second-order valence-corrected chi connectivity index (χ2v) is 5.37. The van der Waals surface area contributed by atoms with Gasteiger partial charge < -0.3 is 14.9 Å². The zero-order valence-electron chi connectivity index (χ0n) is 11.5. The molecule has 1 saturated carbocycles. The van der Waals surface area contributed by atoms with Crippen LogP contribution in [-0.4, -0.2) is 27.4 Å². The van der Waals surface area contributed by atoms with Crippen LogP contribution in [0.15, 0.2) is 18.5 Å². The summed E-state index contributed by atoms with van der Waals surface area (Å²) in [6, 6.07) is 1.78. The quantitative estimate of drug-likeness (QED) is 0.859. The van der Waals surface area contributed by atoms with Crippen LogP contribution in [0.2, 0.25) is 0 Å². The van der Waals surface area contributed by atoms with Gasteiger partial charge in [0, 0.05) is 11.8 Å². The van der Waals surface area contributed by atoms with Crippen LogP contribution >= 0.6 is 0 Å². The van der Waals surface area contributed by atoms with Crippen LogP contribution in [0.25, 0.3) is 0 Å². The Bertz CT molecular complexity index is 402. The molecular weight excluding hydrogens is 242 g/mol. The summed E-state index contributed by atoms with van der Waals surface area (Å²) < 4.78 is 5.51. The third kappa shape index (κ3) is 3.45. The van der Waals surface area contributed by atoms with E-state index in [1.807, 2.05) is 6.92 Å². The molecule has 106 valence electrons. The van der Waals surface area contributed by atoms with E-state index in [4.69, 9.17) is 4.74 Å². The van der Waals surface area contributed by atoms with Gasteiger partial charge in [-0.05, 0) is 25.3 Å². The minimum Gasteiger partial charge on any atom is -0.492 e. The first-order chi connectivity index (χ1) is 9.15. The molecule has 1 heterocycles. The molecule has 4 nitrogen and oxygen atoms in total. The van der Waals surface area contributed by atoms with Crippen molar-refractivity contribution in [3.8, 4) is 5.75 Å². The highest BCUT2D eigenvalue weighted by atomic mass is 16.5. The summed E-state index contributed by atoms with van der Waals surface area (Å²) in [6.07, 6.45) is 7.64. The molecule has 1 unspecified atom stereocenters. The van der Waals surface area contributed by atoms with Gasteiger partial charge in [0.25, 0.3) is 0 Å². The van der Waals surface area contributed by atoms with Crippen molar-refractivity contribution in [2.24, 2.45) is 0 Å². The van der Waals surface area contributed by atoms with Crippen molar-refractivity contribution in [1.82, 2.24) is 4.98 Å². The third-order valence-electron chi connectivity index (χ3n) is 3.75. The van der Waals surface area contributed by atoms with Gasteiger partial charge in [-0.25, -0.2) is 0 Å². The number of aromatic nitrogens is 1. The van der Waals surface area contributed by atoms with Crippen molar-refractivity contribution in [2.75, 3.05) is 6.61 Å². The third-order valence-corrected chi connectivity index (χ3v) is 3.75. The lowest BCUT2D eigenvalue weighted by molar-refractivity contribution is -0.0993. The number of hydrogen-bond acceptors (Lipinski definition) is 4. The smallest absolute Gasteiger partial charge is 0.137 e. The first-order valence-corrected chi connectivity index (χ1v) is 7.14. The minimum absolute atomic E-state index is 0.630. The lowest BCUT2D eigenvalue weighted by Gasteiger charge is -2.36. The van der Waals surface area contributed by atoms with Crippen LogP contribution in [0.4, 0.5) is 0 Å². The zero-order valence-corrected chi connectivity index (χ0v) is 11.5. The fourth-order valence-corrected chi connectivity index (χ4v) is 2.63. The van der Waals surface area contributed by atoms with Gasteiger partial charge in [-0.3, -0.25) is 4.98 Å². The maximum absolute atomic E-state index is 10.5. The number of rotatable bonds is 5. The number of aliphatic hydroxyl groups excluding tert-OH is 1. The Kier molecular flexibility index (Phi) is 4.77. The number of ether oxygens (including phenoxy) is 1. The normalized spacial score (nSPS) is 19.9. The molecule has 1 aliphatic rings. The molecule has 0 spiro atoms. The Hall–Kier alpha value is -1.13. The maximum atomic E-state index is 10.5. The molecule has 1 aromatic rings. The summed E-state index contributed by atoms with van der Waals surface area (Å²) in [6.45, 7) is 2.67. The standard InChI is InChI=1S/C15H23NO3/c1-2-8-19-13-9-12(10-16-11-13)14(17)15(18)6-4-3-5-7-15/h9-11,14,17-18H,2-8H2,1H3. The molecule has 0 bridgehead atoms. The van der Waals surface area contributed by atoms with E-state index in [9.17, 15) is 10.2 Å². The predicted molar refractivity (Wildman–Crippen MR) is 73.0 cm³/mol. The molecule has 1 aliphatic carbocycles. The van der Waals surface area contributed by atoms with Crippen LogP contribution in [0.1, 0.15) is 57.1 Å². The summed E-state index contributed by atoms with van der Waals surface area (Å²) in [5, 5.41) is 21.0. The van der Waals surface area contributed by atoms with Gasteiger partial charge in [-0.2, -0.15) is 0 Å². The highest BCUT2D eigenvalue weighted by molar-refractivity contribution is 5.27. The number of hydrogen-bond donors (Lipinski definition) is 2. The zero-order chi connectivity index (χ0) is 13.7. The molecular formula is C15H23NO3. The molecule has 4 heteroatoms. The molecule has 2 N–H and O–H groups in total. The van der Waals surface area contributed by atoms with Crippen LogP contribution in [-0.2, 0) is 0 Å². The highest BCUT2D eigenvalue weighted by Gasteiger charge is 2.37. The Morgan fingerprint density at radius 1 is 1.32 bits per heavy atom. The fourth-order valence-electron chi connectivity index (χ4n) is 2.63. The molecule has 0 saturated heterocycles. The molecule has 1 atom stereocenters. The maximum Gasteiger partial charge on any atom is 0.137 e. The molecule has 0 amide bonds. The molecule has 19 heavy (non-hydrogen) atoms. The van der Waals surface area contributed by atoms with Gasteiger partial charge >= 0.3 is 0 Å². The molecule has 1 aromatic heterocycles. The van der Waals surface area contributed by atoms with Crippen molar-refractivity contribution in [1.29, 1.82) is 0 Å². The second kappa shape index (κ2) is 6.35.